The summed E-state index contributed by atoms with van der Waals surface area (Å²) in [5.74, 6) is 0. The molecule has 0 saturated carbocycles. The Balaban J connectivity index is 2.00. The summed E-state index contributed by atoms with van der Waals surface area (Å²) in [7, 11) is 1.77. The zero-order valence-corrected chi connectivity index (χ0v) is 8.88. The van der Waals surface area contributed by atoms with Crippen LogP contribution in [0.5, 0.6) is 0 Å². The molecule has 1 rings (SSSR count). The van der Waals surface area contributed by atoms with E-state index in [1.165, 1.54) is 32.5 Å². The summed E-state index contributed by atoms with van der Waals surface area (Å²) in [5.41, 5.74) is 0. The lowest BCUT2D eigenvalue weighted by molar-refractivity contribution is 0.172. The monoisotopic (exact) mass is 186 g/mol. The fourth-order valence-corrected chi connectivity index (χ4v) is 1.80. The zero-order valence-electron chi connectivity index (χ0n) is 8.88. The highest BCUT2D eigenvalue weighted by molar-refractivity contribution is 4.74. The molecule has 78 valence electrons. The third kappa shape index (κ3) is 4.60. The van der Waals surface area contributed by atoms with E-state index in [1.807, 2.05) is 0 Å². The quantitative estimate of drug-likeness (QED) is 0.640. The first kappa shape index (κ1) is 11.0. The lowest BCUT2D eigenvalue weighted by Crippen LogP contribution is -2.49. The summed E-state index contributed by atoms with van der Waals surface area (Å²) in [6.45, 7) is 7.94. The second-order valence-electron chi connectivity index (χ2n) is 3.86. The molecule has 3 nitrogen and oxygen atoms in total. The number of nitrogens with one attached hydrogen (secondary N) is 1. The van der Waals surface area contributed by atoms with Crippen molar-refractivity contribution < 1.29 is 4.74 Å². The molecule has 0 aromatic rings. The van der Waals surface area contributed by atoms with Gasteiger partial charge in [-0.25, -0.2) is 0 Å². The van der Waals surface area contributed by atoms with Crippen LogP contribution < -0.4 is 5.32 Å². The SMILES string of the molecule is COCCCCN1CCN[C@H](C)C1. The van der Waals surface area contributed by atoms with Gasteiger partial charge in [-0.15, -0.1) is 0 Å². The molecule has 13 heavy (non-hydrogen) atoms. The molecule has 0 aromatic heterocycles. The minimum atomic E-state index is 0.663. The third-order valence-corrected chi connectivity index (χ3v) is 2.53. The molecule has 1 aliphatic heterocycles. The van der Waals surface area contributed by atoms with Gasteiger partial charge in [0.05, 0.1) is 0 Å². The van der Waals surface area contributed by atoms with Crippen molar-refractivity contribution in [2.75, 3.05) is 39.9 Å². The standard InChI is InChI=1S/C10H22N2O/c1-10-9-12(7-5-11-10)6-3-4-8-13-2/h10-11H,3-9H2,1-2H3/t10-/m1/s1. The zero-order chi connectivity index (χ0) is 9.52. The predicted octanol–water partition coefficient (Wildman–Crippen LogP) is 0.707. The van der Waals surface area contributed by atoms with E-state index in [9.17, 15) is 0 Å². The van der Waals surface area contributed by atoms with E-state index in [0.717, 1.165) is 13.2 Å². The Kier molecular flexibility index (Phi) is 5.35. The smallest absolute Gasteiger partial charge is 0.0462 e. The third-order valence-electron chi connectivity index (χ3n) is 2.53. The molecule has 0 aliphatic carbocycles. The maximum absolute atomic E-state index is 5.02. The van der Waals surface area contributed by atoms with Crippen LogP contribution in [0.1, 0.15) is 19.8 Å². The number of nitrogens with zero attached hydrogens (tertiary/aromatic N) is 1. The van der Waals surface area contributed by atoms with Crippen molar-refractivity contribution in [1.82, 2.24) is 10.2 Å². The number of unbranched alkanes of at least 4 members (excludes halogenated alkanes) is 1. The molecule has 0 radical (unpaired) electrons. The van der Waals surface area contributed by atoms with Crippen LogP contribution in [0.2, 0.25) is 0 Å². The summed E-state index contributed by atoms with van der Waals surface area (Å²) >= 11 is 0. The first-order valence-corrected chi connectivity index (χ1v) is 5.27. The molecule has 1 saturated heterocycles. The van der Waals surface area contributed by atoms with E-state index in [4.69, 9.17) is 4.74 Å². The molecule has 0 amide bonds. The number of rotatable bonds is 5. The van der Waals surface area contributed by atoms with E-state index >= 15 is 0 Å². The van der Waals surface area contributed by atoms with E-state index in [0.29, 0.717) is 6.04 Å². The van der Waals surface area contributed by atoms with Crippen molar-refractivity contribution in [3.8, 4) is 0 Å². The molecule has 1 atom stereocenters. The predicted molar refractivity (Wildman–Crippen MR) is 55.0 cm³/mol. The van der Waals surface area contributed by atoms with Crippen molar-refractivity contribution in [1.29, 1.82) is 0 Å². The minimum Gasteiger partial charge on any atom is -0.385 e. The average molecular weight is 186 g/mol. The summed E-state index contributed by atoms with van der Waals surface area (Å²) in [6, 6.07) is 0.663. The fraction of sp³-hybridized carbons (Fsp3) is 1.00. The Morgan fingerprint density at radius 1 is 1.46 bits per heavy atom. The van der Waals surface area contributed by atoms with Gasteiger partial charge in [0, 0.05) is 39.4 Å². The molecule has 1 N–H and O–H groups in total. The molecule has 1 fully saturated rings. The molecule has 3 heteroatoms. The van der Waals surface area contributed by atoms with E-state index in [-0.39, 0.29) is 0 Å². The van der Waals surface area contributed by atoms with Crippen molar-refractivity contribution in [2.24, 2.45) is 0 Å². The minimum absolute atomic E-state index is 0.663. The Labute approximate surface area is 81.4 Å². The molecule has 1 heterocycles. The maximum atomic E-state index is 5.02. The van der Waals surface area contributed by atoms with Crippen LogP contribution in [0.15, 0.2) is 0 Å². The van der Waals surface area contributed by atoms with E-state index in [1.54, 1.807) is 7.11 Å². The van der Waals surface area contributed by atoms with Crippen LogP contribution in [0.25, 0.3) is 0 Å². The van der Waals surface area contributed by atoms with Gasteiger partial charge in [0.15, 0.2) is 0 Å². The topological polar surface area (TPSA) is 24.5 Å². The summed E-state index contributed by atoms with van der Waals surface area (Å²) < 4.78 is 5.02. The number of ether oxygens (including phenoxy) is 1. The highest BCUT2D eigenvalue weighted by atomic mass is 16.5. The number of hydrogen-bond donors (Lipinski definition) is 1. The highest BCUT2D eigenvalue weighted by Gasteiger charge is 2.14. The molecular weight excluding hydrogens is 164 g/mol. The van der Waals surface area contributed by atoms with Gasteiger partial charge in [-0.2, -0.15) is 0 Å². The molecule has 1 aliphatic rings. The van der Waals surface area contributed by atoms with Gasteiger partial charge in [-0.05, 0) is 26.3 Å². The summed E-state index contributed by atoms with van der Waals surface area (Å²) in [5, 5.41) is 3.45. The Bertz CT molecular complexity index is 130. The van der Waals surface area contributed by atoms with Crippen molar-refractivity contribution >= 4 is 0 Å². The second-order valence-corrected chi connectivity index (χ2v) is 3.86. The molecule has 0 spiro atoms. The molecule has 0 unspecified atom stereocenters. The van der Waals surface area contributed by atoms with Crippen molar-refractivity contribution in [2.45, 2.75) is 25.8 Å². The van der Waals surface area contributed by atoms with Gasteiger partial charge < -0.3 is 15.0 Å². The average Bonchev–Trinajstić information content (AvgIpc) is 2.13. The van der Waals surface area contributed by atoms with Gasteiger partial charge in [0.25, 0.3) is 0 Å². The van der Waals surface area contributed by atoms with Gasteiger partial charge in [0.1, 0.15) is 0 Å². The van der Waals surface area contributed by atoms with Crippen LogP contribution in [-0.2, 0) is 4.74 Å². The first-order chi connectivity index (χ1) is 6.33. The van der Waals surface area contributed by atoms with E-state index in [2.05, 4.69) is 17.1 Å². The lowest BCUT2D eigenvalue weighted by Gasteiger charge is -2.31. The summed E-state index contributed by atoms with van der Waals surface area (Å²) in [6.07, 6.45) is 2.45. The Hall–Kier alpha value is -0.120. The molecule has 0 bridgehead atoms. The first-order valence-electron chi connectivity index (χ1n) is 5.27. The summed E-state index contributed by atoms with van der Waals surface area (Å²) in [4.78, 5) is 2.54. The largest absolute Gasteiger partial charge is 0.385 e. The lowest BCUT2D eigenvalue weighted by atomic mass is 10.2. The molecular formula is C10H22N2O. The van der Waals surface area contributed by atoms with Gasteiger partial charge in [0.2, 0.25) is 0 Å². The second kappa shape index (κ2) is 6.35. The van der Waals surface area contributed by atoms with Gasteiger partial charge in [-0.3, -0.25) is 0 Å². The highest BCUT2D eigenvalue weighted by Crippen LogP contribution is 2.01. The van der Waals surface area contributed by atoms with Gasteiger partial charge in [-0.1, -0.05) is 0 Å². The van der Waals surface area contributed by atoms with Gasteiger partial charge >= 0.3 is 0 Å². The van der Waals surface area contributed by atoms with Crippen LogP contribution >= 0.6 is 0 Å². The number of piperazine rings is 1. The van der Waals surface area contributed by atoms with Crippen LogP contribution in [0, 0.1) is 0 Å². The maximum Gasteiger partial charge on any atom is 0.0462 e. The van der Waals surface area contributed by atoms with Crippen LogP contribution in [-0.4, -0.2) is 50.8 Å². The van der Waals surface area contributed by atoms with Crippen LogP contribution in [0.3, 0.4) is 0 Å². The van der Waals surface area contributed by atoms with Crippen molar-refractivity contribution in [3.05, 3.63) is 0 Å². The molecule has 0 aromatic carbocycles. The Morgan fingerprint density at radius 2 is 2.31 bits per heavy atom. The Morgan fingerprint density at radius 3 is 3.00 bits per heavy atom. The number of hydrogen-bond acceptors (Lipinski definition) is 3. The van der Waals surface area contributed by atoms with Crippen molar-refractivity contribution in [3.63, 3.8) is 0 Å². The van der Waals surface area contributed by atoms with E-state index < -0.39 is 0 Å². The fourth-order valence-electron chi connectivity index (χ4n) is 1.80. The normalized spacial score (nSPS) is 24.9. The van der Waals surface area contributed by atoms with Crippen LogP contribution in [0.4, 0.5) is 0 Å². The number of methoxy groups -OCH3 is 1.